The number of anilines is 2. The van der Waals surface area contributed by atoms with Crippen molar-refractivity contribution < 1.29 is 9.53 Å². The smallest absolute Gasteiger partial charge is 0.255 e. The number of H-pyrrole nitrogens is 1. The number of amides is 1. The summed E-state index contributed by atoms with van der Waals surface area (Å²) in [5, 5.41) is 9.66. The van der Waals surface area contributed by atoms with Crippen LogP contribution < -0.4 is 15.8 Å². The quantitative estimate of drug-likeness (QED) is 0.734. The lowest BCUT2D eigenvalue weighted by molar-refractivity contribution is 0.102. The molecule has 0 fully saturated rings. The number of nitrogens with one attached hydrogen (secondary N) is 2. The van der Waals surface area contributed by atoms with Crippen LogP contribution in [0.3, 0.4) is 0 Å². The Morgan fingerprint density at radius 1 is 1.42 bits per heavy atom. The van der Waals surface area contributed by atoms with E-state index in [9.17, 15) is 4.79 Å². The monoisotopic (exact) mass is 260 g/mol. The minimum absolute atomic E-state index is 0.231. The van der Waals surface area contributed by atoms with Gasteiger partial charge in [0.15, 0.2) is 0 Å². The fourth-order valence-electron chi connectivity index (χ4n) is 1.77. The van der Waals surface area contributed by atoms with Crippen molar-refractivity contribution in [3.63, 3.8) is 0 Å². The Bertz CT molecular complexity index is 600. The van der Waals surface area contributed by atoms with Gasteiger partial charge in [-0.15, -0.1) is 0 Å². The number of ether oxygens (including phenoxy) is 1. The van der Waals surface area contributed by atoms with Crippen LogP contribution in [0.15, 0.2) is 18.2 Å². The number of aromatic nitrogens is 2. The summed E-state index contributed by atoms with van der Waals surface area (Å²) in [7, 11) is 1.51. The number of carbonyl (C=O) groups is 1. The molecule has 0 bridgehead atoms. The van der Waals surface area contributed by atoms with Crippen molar-refractivity contribution in [1.29, 1.82) is 0 Å². The Balaban J connectivity index is 2.25. The lowest BCUT2D eigenvalue weighted by atomic mass is 10.1. The van der Waals surface area contributed by atoms with E-state index in [0.29, 0.717) is 22.7 Å². The van der Waals surface area contributed by atoms with Gasteiger partial charge in [0.2, 0.25) is 0 Å². The molecule has 4 N–H and O–H groups in total. The van der Waals surface area contributed by atoms with Gasteiger partial charge in [0.25, 0.3) is 5.91 Å². The van der Waals surface area contributed by atoms with Gasteiger partial charge in [-0.25, -0.2) is 0 Å². The van der Waals surface area contributed by atoms with Gasteiger partial charge in [-0.3, -0.25) is 9.89 Å². The fourth-order valence-corrected chi connectivity index (χ4v) is 1.77. The van der Waals surface area contributed by atoms with Crippen LogP contribution in [0.1, 0.15) is 21.7 Å². The number of methoxy groups -OCH3 is 1. The van der Waals surface area contributed by atoms with E-state index in [4.69, 9.17) is 10.5 Å². The van der Waals surface area contributed by atoms with Crippen LogP contribution in [0, 0.1) is 13.8 Å². The maximum absolute atomic E-state index is 12.1. The molecule has 6 heteroatoms. The predicted octanol–water partition coefficient (Wildman–Crippen LogP) is 1.87. The number of carbonyl (C=O) groups excluding carboxylic acids is 1. The molecule has 0 atom stereocenters. The van der Waals surface area contributed by atoms with E-state index in [1.54, 1.807) is 18.2 Å². The summed E-state index contributed by atoms with van der Waals surface area (Å²) in [5.41, 5.74) is 8.94. The molecule has 19 heavy (non-hydrogen) atoms. The zero-order valence-corrected chi connectivity index (χ0v) is 11.1. The largest absolute Gasteiger partial charge is 0.495 e. The Morgan fingerprint density at radius 3 is 2.74 bits per heavy atom. The molecule has 0 aliphatic carbocycles. The summed E-state index contributed by atoms with van der Waals surface area (Å²) in [4.78, 5) is 12.1. The number of aryl methyl sites for hydroxylation is 2. The maximum atomic E-state index is 12.1. The first-order valence-corrected chi connectivity index (χ1v) is 5.79. The first-order chi connectivity index (χ1) is 9.02. The van der Waals surface area contributed by atoms with Gasteiger partial charge >= 0.3 is 0 Å². The zero-order valence-electron chi connectivity index (χ0n) is 11.1. The first kappa shape index (κ1) is 12.9. The Morgan fingerprint density at radius 2 is 2.16 bits per heavy atom. The molecule has 2 aromatic rings. The van der Waals surface area contributed by atoms with Gasteiger partial charge in [0.1, 0.15) is 5.75 Å². The number of nitrogen functional groups attached to an aromatic ring is 1. The first-order valence-electron chi connectivity index (χ1n) is 5.79. The van der Waals surface area contributed by atoms with Gasteiger partial charge in [0.05, 0.1) is 29.9 Å². The molecule has 1 aromatic heterocycles. The van der Waals surface area contributed by atoms with Crippen molar-refractivity contribution in [2.24, 2.45) is 0 Å². The van der Waals surface area contributed by atoms with Crippen LogP contribution in [0.5, 0.6) is 5.75 Å². The molecule has 1 amide bonds. The number of nitrogens with two attached hydrogens (primary N) is 1. The molecule has 0 radical (unpaired) electrons. The van der Waals surface area contributed by atoms with E-state index in [1.165, 1.54) is 7.11 Å². The summed E-state index contributed by atoms with van der Waals surface area (Å²) in [5.74, 6) is 0.249. The van der Waals surface area contributed by atoms with E-state index in [-0.39, 0.29) is 5.91 Å². The minimum atomic E-state index is -0.231. The number of rotatable bonds is 3. The third-order valence-corrected chi connectivity index (χ3v) is 2.86. The van der Waals surface area contributed by atoms with E-state index < -0.39 is 0 Å². The summed E-state index contributed by atoms with van der Waals surface area (Å²) in [6.07, 6.45) is 0. The number of nitrogens with zero attached hydrogens (tertiary/aromatic N) is 1. The average molecular weight is 260 g/mol. The molecule has 0 unspecified atom stereocenters. The highest BCUT2D eigenvalue weighted by molar-refractivity contribution is 6.05. The third kappa shape index (κ3) is 2.52. The molecule has 100 valence electrons. The van der Waals surface area contributed by atoms with Gasteiger partial charge in [-0.1, -0.05) is 0 Å². The van der Waals surface area contributed by atoms with E-state index >= 15 is 0 Å². The summed E-state index contributed by atoms with van der Waals surface area (Å²) in [6, 6.07) is 4.90. The fraction of sp³-hybridized carbons (Fsp3) is 0.231. The van der Waals surface area contributed by atoms with Crippen LogP contribution in [0.4, 0.5) is 11.4 Å². The average Bonchev–Trinajstić information content (AvgIpc) is 2.71. The highest BCUT2D eigenvalue weighted by atomic mass is 16.5. The van der Waals surface area contributed by atoms with Gasteiger partial charge in [0, 0.05) is 5.56 Å². The number of benzene rings is 1. The van der Waals surface area contributed by atoms with E-state index in [2.05, 4.69) is 15.5 Å². The molecule has 1 aromatic carbocycles. The number of hydrogen-bond donors (Lipinski definition) is 3. The Hall–Kier alpha value is -2.50. The second kappa shape index (κ2) is 5.01. The number of aromatic amines is 1. The molecule has 6 nitrogen and oxygen atoms in total. The summed E-state index contributed by atoms with van der Waals surface area (Å²) < 4.78 is 5.09. The zero-order chi connectivity index (χ0) is 14.0. The molecule has 0 aliphatic heterocycles. The second-order valence-electron chi connectivity index (χ2n) is 4.22. The topological polar surface area (TPSA) is 93.0 Å². The van der Waals surface area contributed by atoms with Crippen molar-refractivity contribution >= 4 is 17.3 Å². The number of hydrogen-bond acceptors (Lipinski definition) is 4. The van der Waals surface area contributed by atoms with Crippen molar-refractivity contribution in [3.8, 4) is 5.75 Å². The predicted molar refractivity (Wildman–Crippen MR) is 73.4 cm³/mol. The standard InChI is InChI=1S/C13H16N4O2/c1-7-12(8(2)17-16-7)15-13(18)9-4-5-10(14)11(6-9)19-3/h4-6H,14H2,1-3H3,(H,15,18)(H,16,17). The highest BCUT2D eigenvalue weighted by Crippen LogP contribution is 2.23. The molecular weight excluding hydrogens is 244 g/mol. The summed E-state index contributed by atoms with van der Waals surface area (Å²) >= 11 is 0. The second-order valence-corrected chi connectivity index (χ2v) is 4.22. The Labute approximate surface area is 111 Å². The minimum Gasteiger partial charge on any atom is -0.495 e. The van der Waals surface area contributed by atoms with Crippen LogP contribution in [0.25, 0.3) is 0 Å². The van der Waals surface area contributed by atoms with E-state index in [1.807, 2.05) is 13.8 Å². The van der Waals surface area contributed by atoms with Crippen molar-refractivity contribution in [2.75, 3.05) is 18.2 Å². The highest BCUT2D eigenvalue weighted by Gasteiger charge is 2.13. The SMILES string of the molecule is COc1cc(C(=O)Nc2c(C)n[nH]c2C)ccc1N. The van der Waals surface area contributed by atoms with Crippen LogP contribution >= 0.6 is 0 Å². The van der Waals surface area contributed by atoms with Crippen molar-refractivity contribution in [2.45, 2.75) is 13.8 Å². The van der Waals surface area contributed by atoms with E-state index in [0.717, 1.165) is 11.4 Å². The van der Waals surface area contributed by atoms with Crippen LogP contribution in [0.2, 0.25) is 0 Å². The van der Waals surface area contributed by atoms with Crippen molar-refractivity contribution in [3.05, 3.63) is 35.2 Å². The molecular formula is C13H16N4O2. The molecule has 0 aliphatic rings. The van der Waals surface area contributed by atoms with Crippen molar-refractivity contribution in [1.82, 2.24) is 10.2 Å². The van der Waals surface area contributed by atoms with Gasteiger partial charge < -0.3 is 15.8 Å². The van der Waals surface area contributed by atoms with Crippen LogP contribution in [-0.4, -0.2) is 23.2 Å². The molecule has 0 saturated carbocycles. The third-order valence-electron chi connectivity index (χ3n) is 2.86. The lowest BCUT2D eigenvalue weighted by Crippen LogP contribution is -2.13. The Kier molecular flexibility index (Phi) is 3.41. The van der Waals surface area contributed by atoms with Gasteiger partial charge in [-0.05, 0) is 32.0 Å². The van der Waals surface area contributed by atoms with Gasteiger partial charge in [-0.2, -0.15) is 5.10 Å². The summed E-state index contributed by atoms with van der Waals surface area (Å²) in [6.45, 7) is 3.67. The molecule has 0 spiro atoms. The molecule has 1 heterocycles. The lowest BCUT2D eigenvalue weighted by Gasteiger charge is -2.08. The normalized spacial score (nSPS) is 10.3. The molecule has 2 rings (SSSR count). The molecule has 0 saturated heterocycles. The van der Waals surface area contributed by atoms with Crippen LogP contribution in [-0.2, 0) is 0 Å². The maximum Gasteiger partial charge on any atom is 0.255 e.